The average molecular weight is 425 g/mol. The minimum absolute atomic E-state index is 0.952. The molecule has 0 N–H and O–H groups in total. The third-order valence-corrected chi connectivity index (χ3v) is 5.37. The van der Waals surface area contributed by atoms with Crippen molar-refractivity contribution in [1.82, 2.24) is 9.55 Å². The van der Waals surface area contributed by atoms with Gasteiger partial charge in [0.05, 0.1) is 11.0 Å². The second kappa shape index (κ2) is 7.10. The molecule has 1 aromatic heterocycles. The van der Waals surface area contributed by atoms with Gasteiger partial charge in [0.1, 0.15) is 5.82 Å². The summed E-state index contributed by atoms with van der Waals surface area (Å²) in [5.74, 6) is 0.952. The minimum Gasteiger partial charge on any atom is -0.292 e. The number of rotatable bonds is 3. The Kier molecular flexibility index (Phi) is 4.30. The molecule has 0 saturated heterocycles. The molecule has 0 unspecified atom stereocenters. The van der Waals surface area contributed by atoms with Crippen LogP contribution < -0.4 is 0 Å². The van der Waals surface area contributed by atoms with E-state index in [1.807, 2.05) is 18.2 Å². The standard InChI is InChI=1S/C25H17BrN2/c26-21-8-6-7-20(17-21)18-13-15-19(16-14-18)25-27-23-11-4-5-12-24(23)28(25)22-9-2-1-3-10-22/h1-17H. The second-order valence-corrected chi connectivity index (χ2v) is 7.60. The lowest BCUT2D eigenvalue weighted by molar-refractivity contribution is 1.10. The Bertz CT molecular complexity index is 1250. The molecule has 0 aliphatic rings. The molecule has 0 aliphatic carbocycles. The van der Waals surface area contributed by atoms with Crippen LogP contribution in [0.2, 0.25) is 0 Å². The number of hydrogen-bond acceptors (Lipinski definition) is 1. The van der Waals surface area contributed by atoms with Gasteiger partial charge < -0.3 is 0 Å². The van der Waals surface area contributed by atoms with Gasteiger partial charge in [-0.05, 0) is 47.5 Å². The lowest BCUT2D eigenvalue weighted by Gasteiger charge is -2.10. The van der Waals surface area contributed by atoms with Crippen LogP contribution >= 0.6 is 15.9 Å². The van der Waals surface area contributed by atoms with Crippen molar-refractivity contribution in [2.24, 2.45) is 0 Å². The zero-order valence-corrected chi connectivity index (χ0v) is 16.7. The van der Waals surface area contributed by atoms with E-state index >= 15 is 0 Å². The van der Waals surface area contributed by atoms with E-state index in [0.29, 0.717) is 0 Å². The van der Waals surface area contributed by atoms with E-state index < -0.39 is 0 Å². The van der Waals surface area contributed by atoms with Crippen molar-refractivity contribution >= 4 is 27.0 Å². The number of nitrogens with zero attached hydrogens (tertiary/aromatic N) is 2. The maximum absolute atomic E-state index is 4.93. The van der Waals surface area contributed by atoms with Gasteiger partial charge in [-0.25, -0.2) is 4.98 Å². The molecule has 4 aromatic carbocycles. The van der Waals surface area contributed by atoms with Crippen LogP contribution in [-0.2, 0) is 0 Å². The summed E-state index contributed by atoms with van der Waals surface area (Å²) in [7, 11) is 0. The summed E-state index contributed by atoms with van der Waals surface area (Å²) in [6.45, 7) is 0. The summed E-state index contributed by atoms with van der Waals surface area (Å²) in [4.78, 5) is 4.93. The van der Waals surface area contributed by atoms with E-state index in [1.165, 1.54) is 11.1 Å². The Morgan fingerprint density at radius 2 is 1.32 bits per heavy atom. The second-order valence-electron chi connectivity index (χ2n) is 6.68. The molecule has 0 radical (unpaired) electrons. The molecule has 1 heterocycles. The molecular formula is C25H17BrN2. The topological polar surface area (TPSA) is 17.8 Å². The zero-order chi connectivity index (χ0) is 18.9. The van der Waals surface area contributed by atoms with E-state index in [0.717, 1.165) is 32.6 Å². The molecule has 0 bridgehead atoms. The van der Waals surface area contributed by atoms with Gasteiger partial charge in [-0.1, -0.05) is 82.7 Å². The summed E-state index contributed by atoms with van der Waals surface area (Å²) in [5, 5.41) is 0. The van der Waals surface area contributed by atoms with E-state index in [2.05, 4.69) is 105 Å². The molecule has 0 amide bonds. The number of para-hydroxylation sites is 3. The molecule has 0 spiro atoms. The van der Waals surface area contributed by atoms with Crippen molar-refractivity contribution in [3.8, 4) is 28.2 Å². The molecule has 3 heteroatoms. The number of benzene rings is 4. The van der Waals surface area contributed by atoms with Crippen LogP contribution in [0.3, 0.4) is 0 Å². The molecule has 2 nitrogen and oxygen atoms in total. The fourth-order valence-electron chi connectivity index (χ4n) is 3.54. The maximum Gasteiger partial charge on any atom is 0.145 e. The van der Waals surface area contributed by atoms with Crippen LogP contribution in [0, 0.1) is 0 Å². The number of halogens is 1. The fourth-order valence-corrected chi connectivity index (χ4v) is 3.94. The van der Waals surface area contributed by atoms with E-state index in [1.54, 1.807) is 0 Å². The Morgan fingerprint density at radius 1 is 0.607 bits per heavy atom. The van der Waals surface area contributed by atoms with Crippen molar-refractivity contribution < 1.29 is 0 Å². The van der Waals surface area contributed by atoms with Gasteiger partial charge >= 0.3 is 0 Å². The van der Waals surface area contributed by atoms with Crippen LogP contribution in [0.25, 0.3) is 39.2 Å². The smallest absolute Gasteiger partial charge is 0.145 e. The molecule has 28 heavy (non-hydrogen) atoms. The lowest BCUT2D eigenvalue weighted by atomic mass is 10.0. The molecule has 5 aromatic rings. The van der Waals surface area contributed by atoms with Gasteiger partial charge in [-0.15, -0.1) is 0 Å². The Balaban J connectivity index is 1.65. The van der Waals surface area contributed by atoms with Crippen LogP contribution in [0.1, 0.15) is 0 Å². The summed E-state index contributed by atoms with van der Waals surface area (Å²) >= 11 is 3.55. The molecule has 5 rings (SSSR count). The van der Waals surface area contributed by atoms with Crippen molar-refractivity contribution in [3.05, 3.63) is 108 Å². The van der Waals surface area contributed by atoms with Gasteiger partial charge in [0.2, 0.25) is 0 Å². The molecule has 0 saturated carbocycles. The van der Waals surface area contributed by atoms with Crippen molar-refractivity contribution in [2.45, 2.75) is 0 Å². The SMILES string of the molecule is Brc1cccc(-c2ccc(-c3nc4ccccc4n3-c3ccccc3)cc2)c1. The zero-order valence-electron chi connectivity index (χ0n) is 15.1. The maximum atomic E-state index is 4.93. The largest absolute Gasteiger partial charge is 0.292 e. The highest BCUT2D eigenvalue weighted by atomic mass is 79.9. The fraction of sp³-hybridized carbons (Fsp3) is 0. The minimum atomic E-state index is 0.952. The first-order chi connectivity index (χ1) is 13.8. The van der Waals surface area contributed by atoms with E-state index in [-0.39, 0.29) is 0 Å². The summed E-state index contributed by atoms with van der Waals surface area (Å²) in [6.07, 6.45) is 0. The number of fused-ring (bicyclic) bond motifs is 1. The number of hydrogen-bond donors (Lipinski definition) is 0. The molecule has 0 atom stereocenters. The summed E-state index contributed by atoms with van der Waals surface area (Å²) in [5.41, 5.74) is 6.70. The molecule has 0 fully saturated rings. The monoisotopic (exact) mass is 424 g/mol. The Hall–Kier alpha value is -3.17. The normalized spacial score (nSPS) is 11.0. The van der Waals surface area contributed by atoms with Gasteiger partial charge in [0, 0.05) is 15.7 Å². The van der Waals surface area contributed by atoms with Crippen molar-refractivity contribution in [1.29, 1.82) is 0 Å². The van der Waals surface area contributed by atoms with Gasteiger partial charge in [-0.3, -0.25) is 4.57 Å². The van der Waals surface area contributed by atoms with E-state index in [4.69, 9.17) is 4.98 Å². The van der Waals surface area contributed by atoms with Crippen LogP contribution in [0.15, 0.2) is 108 Å². The van der Waals surface area contributed by atoms with Crippen molar-refractivity contribution in [2.75, 3.05) is 0 Å². The summed E-state index contributed by atoms with van der Waals surface area (Å²) < 4.78 is 3.31. The van der Waals surface area contributed by atoms with Crippen LogP contribution in [-0.4, -0.2) is 9.55 Å². The summed E-state index contributed by atoms with van der Waals surface area (Å²) in [6, 6.07) is 35.6. The lowest BCUT2D eigenvalue weighted by Crippen LogP contribution is -1.97. The predicted molar refractivity (Wildman–Crippen MR) is 120 cm³/mol. The quantitative estimate of drug-likeness (QED) is 0.301. The number of imidazole rings is 1. The van der Waals surface area contributed by atoms with Crippen molar-refractivity contribution in [3.63, 3.8) is 0 Å². The third kappa shape index (κ3) is 3.04. The first kappa shape index (κ1) is 17.0. The number of aromatic nitrogens is 2. The first-order valence-corrected chi connectivity index (χ1v) is 9.98. The van der Waals surface area contributed by atoms with E-state index in [9.17, 15) is 0 Å². The highest BCUT2D eigenvalue weighted by Crippen LogP contribution is 2.30. The average Bonchev–Trinajstić information content (AvgIpc) is 3.14. The van der Waals surface area contributed by atoms with Gasteiger partial charge in [0.25, 0.3) is 0 Å². The van der Waals surface area contributed by atoms with Gasteiger partial charge in [0.15, 0.2) is 0 Å². The highest BCUT2D eigenvalue weighted by Gasteiger charge is 2.14. The molecule has 0 aliphatic heterocycles. The highest BCUT2D eigenvalue weighted by molar-refractivity contribution is 9.10. The predicted octanol–water partition coefficient (Wildman–Crippen LogP) is 7.12. The van der Waals surface area contributed by atoms with Crippen LogP contribution in [0.5, 0.6) is 0 Å². The Morgan fingerprint density at radius 3 is 2.11 bits per heavy atom. The molecule has 134 valence electrons. The van der Waals surface area contributed by atoms with Crippen LogP contribution in [0.4, 0.5) is 0 Å². The third-order valence-electron chi connectivity index (χ3n) is 4.88. The molecular weight excluding hydrogens is 408 g/mol. The Labute approximate surface area is 172 Å². The first-order valence-electron chi connectivity index (χ1n) is 9.19. The van der Waals surface area contributed by atoms with Gasteiger partial charge in [-0.2, -0.15) is 0 Å².